The number of aryl methyl sites for hydroxylation is 1. The highest BCUT2D eigenvalue weighted by molar-refractivity contribution is 7.78. The fraction of sp³-hybridized carbons (Fsp3) is 0.414. The largest absolute Gasteiger partial charge is 0.505 e. The summed E-state index contributed by atoms with van der Waals surface area (Å²) in [6.45, 7) is 10.3. The van der Waals surface area contributed by atoms with Crippen molar-refractivity contribution < 1.29 is 14.3 Å². The van der Waals surface area contributed by atoms with Crippen LogP contribution in [0.25, 0.3) is 0 Å². The van der Waals surface area contributed by atoms with Crippen molar-refractivity contribution in [2.75, 3.05) is 50.1 Å². The summed E-state index contributed by atoms with van der Waals surface area (Å²) >= 11 is 4.33. The summed E-state index contributed by atoms with van der Waals surface area (Å²) in [6, 6.07) is 10.4. The summed E-state index contributed by atoms with van der Waals surface area (Å²) in [4.78, 5) is 37.0. The first-order valence-corrected chi connectivity index (χ1v) is 13.9. The maximum atomic E-state index is 13.5. The van der Waals surface area contributed by atoms with Crippen LogP contribution in [-0.4, -0.2) is 77.8 Å². The van der Waals surface area contributed by atoms with Crippen molar-refractivity contribution in [2.24, 2.45) is 15.4 Å². The molecule has 2 N–H and O–H groups in total. The quantitative estimate of drug-likeness (QED) is 0.235. The van der Waals surface area contributed by atoms with Crippen LogP contribution in [0.15, 0.2) is 63.2 Å². The first-order valence-electron chi connectivity index (χ1n) is 13.4. The van der Waals surface area contributed by atoms with Crippen molar-refractivity contribution in [1.82, 2.24) is 19.6 Å². The van der Waals surface area contributed by atoms with Gasteiger partial charge in [0.2, 0.25) is 5.95 Å². The summed E-state index contributed by atoms with van der Waals surface area (Å²) in [7, 11) is 3.39. The minimum Gasteiger partial charge on any atom is -0.505 e. The van der Waals surface area contributed by atoms with Crippen LogP contribution in [0.1, 0.15) is 48.7 Å². The highest BCUT2D eigenvalue weighted by Gasteiger charge is 2.31. The molecule has 1 amide bonds. The highest BCUT2D eigenvalue weighted by atomic mass is 32.1. The van der Waals surface area contributed by atoms with Crippen LogP contribution in [0, 0.1) is 12.3 Å². The number of phenols is 1. The van der Waals surface area contributed by atoms with Gasteiger partial charge in [0.25, 0.3) is 5.91 Å². The average molecular weight is 579 g/mol. The number of carbonyl (C=O) groups excluding carboxylic acids is 1. The van der Waals surface area contributed by atoms with E-state index in [0.29, 0.717) is 49.5 Å². The van der Waals surface area contributed by atoms with Crippen LogP contribution < -0.4 is 14.5 Å². The maximum Gasteiger partial charge on any atom is 0.257 e. The standard InChI is InChI=1S/C29H38N8O3S/c1-19-11-12-22(40-19)24(29(2,3)4)33-25(34-41)26(30-5)35(6)21-10-7-9-20(23(21)38)27(39)36-15-17-37(18-16-36)28-31-13-8-14-32-28/h7-14,24,38,41H,15-18H2,1-6H3,(H,33,34)/t24-/m0/s1. The van der Waals surface area contributed by atoms with Crippen LogP contribution in [0.3, 0.4) is 0 Å². The Morgan fingerprint density at radius 1 is 1.12 bits per heavy atom. The number of aromatic nitrogens is 2. The summed E-state index contributed by atoms with van der Waals surface area (Å²) in [5, 5.41) is 11.3. The Labute approximate surface area is 246 Å². The molecule has 1 aliphatic rings. The van der Waals surface area contributed by atoms with E-state index in [1.165, 1.54) is 0 Å². The maximum absolute atomic E-state index is 13.5. The number of phenolic OH excluding ortho intramolecular Hbond substituents is 1. The molecule has 0 aliphatic carbocycles. The van der Waals surface area contributed by atoms with Gasteiger partial charge in [-0.2, -0.15) is 0 Å². The molecule has 12 heteroatoms. The molecule has 0 spiro atoms. The lowest BCUT2D eigenvalue weighted by atomic mass is 9.85. The SMILES string of the molecule is CN=C(C(=N[C@@H](c1ccc(C)o1)C(C)(C)C)NS)N(C)c1cccc(C(=O)N2CCN(c3ncccn3)CC2)c1O. The van der Waals surface area contributed by atoms with Crippen LogP contribution in [0.2, 0.25) is 0 Å². The predicted molar refractivity (Wildman–Crippen MR) is 165 cm³/mol. The molecule has 1 aliphatic heterocycles. The second-order valence-corrected chi connectivity index (χ2v) is 11.1. The molecule has 0 saturated carbocycles. The van der Waals surface area contributed by atoms with Gasteiger partial charge in [-0.25, -0.2) is 9.97 Å². The van der Waals surface area contributed by atoms with Crippen molar-refractivity contribution in [1.29, 1.82) is 0 Å². The molecule has 41 heavy (non-hydrogen) atoms. The number of carbonyl (C=O) groups is 1. The molecule has 2 aromatic heterocycles. The number of nitrogens with zero attached hydrogens (tertiary/aromatic N) is 7. The summed E-state index contributed by atoms with van der Waals surface area (Å²) in [5.74, 6) is 2.60. The number of amidine groups is 2. The van der Waals surface area contributed by atoms with Gasteiger partial charge < -0.3 is 28.9 Å². The Hall–Kier alpha value is -4.06. The summed E-state index contributed by atoms with van der Waals surface area (Å²) in [6.07, 6.45) is 3.41. The number of piperazine rings is 1. The highest BCUT2D eigenvalue weighted by Crippen LogP contribution is 2.38. The number of thiol groups is 1. The number of hydrogen-bond donors (Lipinski definition) is 3. The van der Waals surface area contributed by atoms with E-state index in [9.17, 15) is 9.90 Å². The molecule has 1 aromatic carbocycles. The zero-order valence-corrected chi connectivity index (χ0v) is 25.3. The van der Waals surface area contributed by atoms with Crippen molar-refractivity contribution in [3.63, 3.8) is 0 Å². The smallest absolute Gasteiger partial charge is 0.257 e. The Balaban J connectivity index is 1.57. The number of likely N-dealkylation sites (N-methyl/N-ethyl adjacent to an activating group) is 1. The lowest BCUT2D eigenvalue weighted by Gasteiger charge is -2.35. The predicted octanol–water partition coefficient (Wildman–Crippen LogP) is 4.13. The first-order chi connectivity index (χ1) is 19.5. The average Bonchev–Trinajstić information content (AvgIpc) is 3.40. The number of aromatic hydroxyl groups is 1. The number of aliphatic imine (C=N–C) groups is 2. The van der Waals surface area contributed by atoms with Gasteiger partial charge in [0.05, 0.1) is 11.3 Å². The van der Waals surface area contributed by atoms with Crippen LogP contribution in [0.5, 0.6) is 5.75 Å². The summed E-state index contributed by atoms with van der Waals surface area (Å²) < 4.78 is 8.79. The van der Waals surface area contributed by atoms with Crippen molar-refractivity contribution in [2.45, 2.75) is 33.7 Å². The number of furan rings is 1. The van der Waals surface area contributed by atoms with Gasteiger partial charge in [-0.15, -0.1) is 0 Å². The van der Waals surface area contributed by atoms with Gasteiger partial charge in [0, 0.05) is 52.7 Å². The minimum atomic E-state index is -0.336. The molecule has 1 saturated heterocycles. The molecule has 0 radical (unpaired) electrons. The Morgan fingerprint density at radius 3 is 2.37 bits per heavy atom. The molecule has 0 unspecified atom stereocenters. The molecular weight excluding hydrogens is 540 g/mol. The number of amides is 1. The number of para-hydroxylation sites is 1. The molecule has 218 valence electrons. The van der Waals surface area contributed by atoms with E-state index in [0.717, 1.165) is 11.5 Å². The third-order valence-electron chi connectivity index (χ3n) is 6.96. The minimum absolute atomic E-state index is 0.137. The van der Waals surface area contributed by atoms with Crippen LogP contribution in [-0.2, 0) is 0 Å². The molecule has 11 nitrogen and oxygen atoms in total. The third kappa shape index (κ3) is 6.64. The molecule has 4 rings (SSSR count). The number of benzene rings is 1. The molecular formula is C29H38N8O3S. The Kier molecular flexibility index (Phi) is 9.21. The van der Waals surface area contributed by atoms with Gasteiger partial charge in [-0.3, -0.25) is 14.8 Å². The lowest BCUT2D eigenvalue weighted by molar-refractivity contribution is 0.0743. The zero-order chi connectivity index (χ0) is 29.7. The molecule has 0 bridgehead atoms. The first kappa shape index (κ1) is 29.9. The van der Waals surface area contributed by atoms with E-state index in [4.69, 9.17) is 9.41 Å². The van der Waals surface area contributed by atoms with Gasteiger partial charge in [0.15, 0.2) is 17.4 Å². The molecule has 3 heterocycles. The Morgan fingerprint density at radius 2 is 1.80 bits per heavy atom. The molecule has 1 fully saturated rings. The number of anilines is 2. The second-order valence-electron chi connectivity index (χ2n) is 10.9. The van der Waals surface area contributed by atoms with Gasteiger partial charge in [-0.05, 0) is 42.7 Å². The third-order valence-corrected chi connectivity index (χ3v) is 7.18. The molecule has 3 aromatic rings. The van der Waals surface area contributed by atoms with Crippen molar-refractivity contribution in [3.05, 3.63) is 65.9 Å². The van der Waals surface area contributed by atoms with Gasteiger partial charge in [0.1, 0.15) is 17.6 Å². The van der Waals surface area contributed by atoms with E-state index in [1.54, 1.807) is 60.6 Å². The monoisotopic (exact) mass is 578 g/mol. The van der Waals surface area contributed by atoms with Crippen LogP contribution in [0.4, 0.5) is 11.6 Å². The zero-order valence-electron chi connectivity index (χ0n) is 24.4. The molecule has 1 atom stereocenters. The van der Waals surface area contributed by atoms with E-state index in [-0.39, 0.29) is 28.7 Å². The fourth-order valence-electron chi connectivity index (χ4n) is 4.79. The number of rotatable bonds is 5. The normalized spacial score (nSPS) is 15.6. The van der Waals surface area contributed by atoms with Crippen molar-refractivity contribution >= 4 is 42.0 Å². The van der Waals surface area contributed by atoms with Crippen molar-refractivity contribution in [3.8, 4) is 5.75 Å². The number of hydrogen-bond acceptors (Lipinski definition) is 9. The Bertz CT molecular complexity index is 1410. The van der Waals surface area contributed by atoms with E-state index >= 15 is 0 Å². The van der Waals surface area contributed by atoms with E-state index < -0.39 is 0 Å². The van der Waals surface area contributed by atoms with E-state index in [2.05, 4.69) is 53.3 Å². The van der Waals surface area contributed by atoms with Gasteiger partial charge in [-0.1, -0.05) is 39.7 Å². The second kappa shape index (κ2) is 12.6. The van der Waals surface area contributed by atoms with E-state index in [1.807, 2.05) is 24.0 Å². The van der Waals surface area contributed by atoms with Gasteiger partial charge >= 0.3 is 0 Å². The lowest BCUT2D eigenvalue weighted by Crippen LogP contribution is -2.49. The fourth-order valence-corrected chi connectivity index (χ4v) is 4.95. The van der Waals surface area contributed by atoms with Crippen LogP contribution >= 0.6 is 12.8 Å². The number of nitrogens with one attached hydrogen (secondary N) is 1. The summed E-state index contributed by atoms with van der Waals surface area (Å²) in [5.41, 5.74) is 0.346. The topological polar surface area (TPSA) is 123 Å².